The number of anilines is 1. The molecule has 1 atom stereocenters. The van der Waals surface area contributed by atoms with Crippen LogP contribution in [0.15, 0.2) is 48.5 Å². The van der Waals surface area contributed by atoms with Crippen LogP contribution in [0.25, 0.3) is 0 Å². The lowest BCUT2D eigenvalue weighted by atomic mass is 9.77. The highest BCUT2D eigenvalue weighted by Gasteiger charge is 2.33. The van der Waals surface area contributed by atoms with Gasteiger partial charge in [0.1, 0.15) is 0 Å². The lowest BCUT2D eigenvalue weighted by molar-refractivity contribution is 0.0895. The van der Waals surface area contributed by atoms with Gasteiger partial charge in [0.25, 0.3) is 5.91 Å². The molecule has 0 aromatic heterocycles. The number of sulfonamides is 1. The fourth-order valence-electron chi connectivity index (χ4n) is 3.72. The summed E-state index contributed by atoms with van der Waals surface area (Å²) in [5.41, 5.74) is 2.85. The molecule has 0 saturated heterocycles. The van der Waals surface area contributed by atoms with Crippen molar-refractivity contribution in [1.82, 2.24) is 5.32 Å². The first kappa shape index (κ1) is 19.4. The van der Waals surface area contributed by atoms with Gasteiger partial charge in [-0.25, -0.2) is 8.42 Å². The molecule has 0 aliphatic heterocycles. The number of benzene rings is 2. The first-order valence-electron chi connectivity index (χ1n) is 9.34. The van der Waals surface area contributed by atoms with Gasteiger partial charge in [0.15, 0.2) is 0 Å². The van der Waals surface area contributed by atoms with E-state index in [1.54, 1.807) is 24.3 Å². The third-order valence-electron chi connectivity index (χ3n) is 5.00. The molecule has 0 heterocycles. The number of fused-ring (bicyclic) bond motifs is 1. The summed E-state index contributed by atoms with van der Waals surface area (Å²) in [6.45, 7) is 3.86. The number of rotatable bonds is 6. The molecule has 2 aromatic carbocycles. The zero-order valence-corrected chi connectivity index (χ0v) is 16.6. The molecular weight excluding hydrogens is 360 g/mol. The third kappa shape index (κ3) is 4.50. The highest BCUT2D eigenvalue weighted by Crippen LogP contribution is 2.35. The second-order valence-corrected chi connectivity index (χ2v) is 9.14. The Morgan fingerprint density at radius 1 is 1.15 bits per heavy atom. The van der Waals surface area contributed by atoms with Crippen LogP contribution in [0.3, 0.4) is 0 Å². The lowest BCUT2D eigenvalue weighted by Crippen LogP contribution is -2.45. The van der Waals surface area contributed by atoms with E-state index in [0.717, 1.165) is 24.8 Å². The molecule has 1 aliphatic rings. The molecule has 144 valence electrons. The quantitative estimate of drug-likeness (QED) is 0.792. The maximum atomic E-state index is 12.9. The number of hydrogen-bond donors (Lipinski definition) is 2. The van der Waals surface area contributed by atoms with Crippen molar-refractivity contribution in [1.29, 1.82) is 0 Å². The molecule has 2 aromatic rings. The summed E-state index contributed by atoms with van der Waals surface area (Å²) in [5.74, 6) is -0.149. The van der Waals surface area contributed by atoms with E-state index in [2.05, 4.69) is 29.1 Å². The third-order valence-corrected chi connectivity index (χ3v) is 6.49. The predicted octanol–water partition coefficient (Wildman–Crippen LogP) is 3.82. The fourth-order valence-corrected chi connectivity index (χ4v) is 4.85. The monoisotopic (exact) mass is 386 g/mol. The number of amides is 1. The summed E-state index contributed by atoms with van der Waals surface area (Å²) in [7, 11) is -3.39. The summed E-state index contributed by atoms with van der Waals surface area (Å²) < 4.78 is 26.5. The van der Waals surface area contributed by atoms with Gasteiger partial charge in [-0.2, -0.15) is 0 Å². The number of carbonyl (C=O) groups is 1. The van der Waals surface area contributed by atoms with Gasteiger partial charge >= 0.3 is 0 Å². The minimum atomic E-state index is -3.39. The Hall–Kier alpha value is -2.34. The van der Waals surface area contributed by atoms with E-state index in [-0.39, 0.29) is 11.7 Å². The molecule has 0 radical (unpaired) electrons. The van der Waals surface area contributed by atoms with Gasteiger partial charge in [-0.1, -0.05) is 37.3 Å². The van der Waals surface area contributed by atoms with Gasteiger partial charge in [-0.15, -0.1) is 0 Å². The van der Waals surface area contributed by atoms with Crippen molar-refractivity contribution in [3.05, 3.63) is 65.2 Å². The van der Waals surface area contributed by atoms with Gasteiger partial charge in [-0.05, 0) is 61.9 Å². The van der Waals surface area contributed by atoms with Crippen LogP contribution in [0.4, 0.5) is 5.69 Å². The van der Waals surface area contributed by atoms with Crippen molar-refractivity contribution < 1.29 is 13.2 Å². The molecule has 0 fully saturated rings. The maximum Gasteiger partial charge on any atom is 0.252 e. The zero-order chi connectivity index (χ0) is 19.5. The Morgan fingerprint density at radius 3 is 2.70 bits per heavy atom. The Morgan fingerprint density at radius 2 is 1.93 bits per heavy atom. The second-order valence-electron chi connectivity index (χ2n) is 7.30. The van der Waals surface area contributed by atoms with Crippen LogP contribution in [0.1, 0.15) is 54.6 Å². The summed E-state index contributed by atoms with van der Waals surface area (Å²) in [6.07, 6.45) is 3.45. The van der Waals surface area contributed by atoms with E-state index in [1.807, 2.05) is 19.1 Å². The molecule has 5 nitrogen and oxygen atoms in total. The molecule has 1 amide bonds. The molecule has 3 rings (SSSR count). The van der Waals surface area contributed by atoms with Crippen LogP contribution >= 0.6 is 0 Å². The Kier molecular flexibility index (Phi) is 5.56. The van der Waals surface area contributed by atoms with Crippen molar-refractivity contribution in [2.24, 2.45) is 0 Å². The van der Waals surface area contributed by atoms with Crippen molar-refractivity contribution in [3.8, 4) is 0 Å². The van der Waals surface area contributed by atoms with Crippen LogP contribution in [-0.4, -0.2) is 20.1 Å². The summed E-state index contributed by atoms with van der Waals surface area (Å²) in [6, 6.07) is 14.8. The van der Waals surface area contributed by atoms with Gasteiger partial charge in [0.05, 0.1) is 11.3 Å². The molecular formula is C21H26N2O3S. The van der Waals surface area contributed by atoms with Gasteiger partial charge in [0, 0.05) is 11.3 Å². The average Bonchev–Trinajstić information content (AvgIpc) is 2.61. The number of aryl methyl sites for hydroxylation is 1. The van der Waals surface area contributed by atoms with Crippen molar-refractivity contribution >= 4 is 21.6 Å². The van der Waals surface area contributed by atoms with Crippen molar-refractivity contribution in [2.75, 3.05) is 10.5 Å². The Labute approximate surface area is 161 Å². The van der Waals surface area contributed by atoms with Gasteiger partial charge in [-0.3, -0.25) is 9.52 Å². The summed E-state index contributed by atoms with van der Waals surface area (Å²) >= 11 is 0. The molecule has 1 aliphatic carbocycles. The Bertz CT molecular complexity index is 940. The molecule has 0 unspecified atom stereocenters. The SMILES string of the molecule is CCCS(=O)(=O)Nc1cccc(C(=O)N[C@]2(C)CCCc3ccccc32)c1. The first-order valence-corrected chi connectivity index (χ1v) is 11.0. The maximum absolute atomic E-state index is 12.9. The van der Waals surface area contributed by atoms with Gasteiger partial charge < -0.3 is 5.32 Å². The predicted molar refractivity (Wildman–Crippen MR) is 108 cm³/mol. The lowest BCUT2D eigenvalue weighted by Gasteiger charge is -2.37. The molecule has 6 heteroatoms. The van der Waals surface area contributed by atoms with E-state index < -0.39 is 15.6 Å². The zero-order valence-electron chi connectivity index (χ0n) is 15.8. The number of carbonyl (C=O) groups excluding carboxylic acids is 1. The summed E-state index contributed by atoms with van der Waals surface area (Å²) in [5, 5.41) is 3.17. The van der Waals surface area contributed by atoms with E-state index in [9.17, 15) is 13.2 Å². The topological polar surface area (TPSA) is 75.3 Å². The average molecular weight is 387 g/mol. The molecule has 0 bridgehead atoms. The van der Waals surface area contributed by atoms with Gasteiger partial charge in [0.2, 0.25) is 10.0 Å². The van der Waals surface area contributed by atoms with E-state index in [4.69, 9.17) is 0 Å². The van der Waals surface area contributed by atoms with E-state index in [1.165, 1.54) is 5.56 Å². The van der Waals surface area contributed by atoms with Crippen molar-refractivity contribution in [2.45, 2.75) is 45.1 Å². The fraction of sp³-hybridized carbons (Fsp3) is 0.381. The minimum Gasteiger partial charge on any atom is -0.343 e. The van der Waals surface area contributed by atoms with Crippen LogP contribution in [-0.2, 0) is 22.0 Å². The number of hydrogen-bond acceptors (Lipinski definition) is 3. The van der Waals surface area contributed by atoms with E-state index >= 15 is 0 Å². The standard InChI is InChI=1S/C21H26N2O3S/c1-3-14-27(25,26)23-18-11-6-9-17(15-18)20(24)22-21(2)13-7-10-16-8-4-5-12-19(16)21/h4-6,8-9,11-12,15,23H,3,7,10,13-14H2,1-2H3,(H,22,24)/t21-/m1/s1. The molecule has 2 N–H and O–H groups in total. The molecule has 0 saturated carbocycles. The highest BCUT2D eigenvalue weighted by atomic mass is 32.2. The van der Waals surface area contributed by atoms with Crippen LogP contribution in [0.5, 0.6) is 0 Å². The van der Waals surface area contributed by atoms with E-state index in [0.29, 0.717) is 17.7 Å². The molecule has 27 heavy (non-hydrogen) atoms. The normalized spacial score (nSPS) is 19.2. The minimum absolute atomic E-state index is 0.0538. The van der Waals surface area contributed by atoms with Crippen molar-refractivity contribution in [3.63, 3.8) is 0 Å². The largest absolute Gasteiger partial charge is 0.343 e. The smallest absolute Gasteiger partial charge is 0.252 e. The highest BCUT2D eigenvalue weighted by molar-refractivity contribution is 7.92. The first-order chi connectivity index (χ1) is 12.8. The number of nitrogens with one attached hydrogen (secondary N) is 2. The Balaban J connectivity index is 1.80. The molecule has 0 spiro atoms. The van der Waals surface area contributed by atoms with Crippen LogP contribution in [0.2, 0.25) is 0 Å². The second kappa shape index (κ2) is 7.72. The summed E-state index contributed by atoms with van der Waals surface area (Å²) in [4.78, 5) is 12.9. The van der Waals surface area contributed by atoms with Crippen LogP contribution in [0, 0.1) is 0 Å². The van der Waals surface area contributed by atoms with Crippen LogP contribution < -0.4 is 10.0 Å².